The molecule has 31 heavy (non-hydrogen) atoms. The second-order valence-electron chi connectivity index (χ2n) is 7.79. The lowest BCUT2D eigenvalue weighted by atomic mass is 10.2. The van der Waals surface area contributed by atoms with Crippen LogP contribution in [0.25, 0.3) is 0 Å². The summed E-state index contributed by atoms with van der Waals surface area (Å²) in [6, 6.07) is 9.41. The normalized spacial score (nSPS) is 16.5. The van der Waals surface area contributed by atoms with E-state index in [0.717, 1.165) is 56.2 Å². The van der Waals surface area contributed by atoms with Crippen LogP contribution in [0.2, 0.25) is 5.02 Å². The van der Waals surface area contributed by atoms with Crippen LogP contribution in [-0.2, 0) is 9.59 Å². The zero-order chi connectivity index (χ0) is 22.1. The van der Waals surface area contributed by atoms with Crippen molar-refractivity contribution in [2.24, 2.45) is 0 Å². The number of amides is 2. The van der Waals surface area contributed by atoms with E-state index >= 15 is 0 Å². The Balaban J connectivity index is 0.000000210. The number of aryl methyl sites for hydroxylation is 1. The van der Waals surface area contributed by atoms with Crippen molar-refractivity contribution in [3.05, 3.63) is 53.3 Å². The summed E-state index contributed by atoms with van der Waals surface area (Å²) < 4.78 is 0. The highest BCUT2D eigenvalue weighted by Gasteiger charge is 2.23. The number of hydrogen-bond donors (Lipinski definition) is 1. The van der Waals surface area contributed by atoms with E-state index in [4.69, 9.17) is 11.6 Å². The van der Waals surface area contributed by atoms with Crippen molar-refractivity contribution in [3.8, 4) is 0 Å². The van der Waals surface area contributed by atoms with Gasteiger partial charge in [-0.3, -0.25) is 19.5 Å². The van der Waals surface area contributed by atoms with Crippen LogP contribution in [0.4, 0.5) is 11.4 Å². The Hall–Kier alpha value is -2.64. The summed E-state index contributed by atoms with van der Waals surface area (Å²) in [6.07, 6.45) is 6.78. The molecule has 0 bridgehead atoms. The van der Waals surface area contributed by atoms with Crippen molar-refractivity contribution in [2.45, 2.75) is 19.8 Å². The Morgan fingerprint density at radius 2 is 1.87 bits per heavy atom. The van der Waals surface area contributed by atoms with Crippen molar-refractivity contribution in [1.82, 2.24) is 14.8 Å². The van der Waals surface area contributed by atoms with Gasteiger partial charge in [0.05, 0.1) is 18.4 Å². The SMILES string of the molecule is Cc1ccc(NC=O)cc1Cl.O=C(CN1CCCC1)N1CCN(c2cccnc2)CC1. The minimum absolute atomic E-state index is 0.290. The molecule has 3 heterocycles. The number of carbonyl (C=O) groups excluding carboxylic acids is 2. The van der Waals surface area contributed by atoms with Crippen molar-refractivity contribution in [3.63, 3.8) is 0 Å². The molecule has 0 saturated carbocycles. The molecule has 0 unspecified atom stereocenters. The number of nitrogens with one attached hydrogen (secondary N) is 1. The molecule has 166 valence electrons. The molecular weight excluding hydrogens is 414 g/mol. The molecule has 2 aromatic rings. The van der Waals surface area contributed by atoms with Crippen LogP contribution in [0, 0.1) is 6.92 Å². The molecule has 0 atom stereocenters. The summed E-state index contributed by atoms with van der Waals surface area (Å²) in [4.78, 5) is 33.0. The topological polar surface area (TPSA) is 68.8 Å². The van der Waals surface area contributed by atoms with Crippen molar-refractivity contribution in [2.75, 3.05) is 56.0 Å². The predicted octanol–water partition coefficient (Wildman–Crippen LogP) is 3.04. The molecule has 7 nitrogen and oxygen atoms in total. The van der Waals surface area contributed by atoms with E-state index in [1.54, 1.807) is 18.3 Å². The van der Waals surface area contributed by atoms with Crippen LogP contribution in [0.1, 0.15) is 18.4 Å². The Kier molecular flexibility index (Phi) is 8.67. The zero-order valence-electron chi connectivity index (χ0n) is 18.0. The highest BCUT2D eigenvalue weighted by molar-refractivity contribution is 6.31. The lowest BCUT2D eigenvalue weighted by Crippen LogP contribution is -2.51. The summed E-state index contributed by atoms with van der Waals surface area (Å²) in [7, 11) is 0. The Labute approximate surface area is 189 Å². The minimum atomic E-state index is 0.290. The van der Waals surface area contributed by atoms with E-state index in [1.165, 1.54) is 12.8 Å². The van der Waals surface area contributed by atoms with Crippen molar-refractivity contribution >= 4 is 35.3 Å². The van der Waals surface area contributed by atoms with E-state index in [-0.39, 0.29) is 5.91 Å². The third kappa shape index (κ3) is 6.94. The van der Waals surface area contributed by atoms with Crippen molar-refractivity contribution in [1.29, 1.82) is 0 Å². The van der Waals surface area contributed by atoms with Gasteiger partial charge in [0.1, 0.15) is 0 Å². The van der Waals surface area contributed by atoms with Crippen LogP contribution < -0.4 is 10.2 Å². The smallest absolute Gasteiger partial charge is 0.236 e. The van der Waals surface area contributed by atoms with Gasteiger partial charge < -0.3 is 15.1 Å². The first-order chi connectivity index (χ1) is 15.1. The van der Waals surface area contributed by atoms with Gasteiger partial charge in [-0.05, 0) is 62.7 Å². The maximum atomic E-state index is 12.3. The standard InChI is InChI=1S/C15H22N4O.C8H8ClNO/c20-15(13-17-6-1-2-7-17)19-10-8-18(9-11-19)14-4-3-5-16-12-14;1-6-2-3-7(10-5-11)4-8(6)9/h3-5,12H,1-2,6-11,13H2;2-5H,1H3,(H,10,11). The highest BCUT2D eigenvalue weighted by Crippen LogP contribution is 2.19. The van der Waals surface area contributed by atoms with E-state index < -0.39 is 0 Å². The monoisotopic (exact) mass is 443 g/mol. The Bertz CT molecular complexity index is 850. The number of rotatable bonds is 5. The maximum Gasteiger partial charge on any atom is 0.236 e. The second-order valence-corrected chi connectivity index (χ2v) is 8.20. The molecule has 0 spiro atoms. The molecule has 8 heteroatoms. The number of halogens is 1. The lowest BCUT2D eigenvalue weighted by Gasteiger charge is -2.36. The number of nitrogens with zero attached hydrogens (tertiary/aromatic N) is 4. The fourth-order valence-corrected chi connectivity index (χ4v) is 3.92. The molecule has 1 aromatic heterocycles. The quantitative estimate of drug-likeness (QED) is 0.719. The molecule has 2 fully saturated rings. The minimum Gasteiger partial charge on any atom is -0.367 e. The first kappa shape index (κ1) is 23.0. The van der Waals surface area contributed by atoms with Gasteiger partial charge in [-0.25, -0.2) is 0 Å². The molecule has 2 amide bonds. The molecular formula is C23H30ClN5O2. The number of likely N-dealkylation sites (tertiary alicyclic amines) is 1. The van der Waals surface area contributed by atoms with Crippen molar-refractivity contribution < 1.29 is 9.59 Å². The van der Waals surface area contributed by atoms with E-state index in [1.807, 2.05) is 30.2 Å². The van der Waals surface area contributed by atoms with Gasteiger partial charge in [0, 0.05) is 43.1 Å². The second kappa shape index (κ2) is 11.7. The van der Waals surface area contributed by atoms with Gasteiger partial charge >= 0.3 is 0 Å². The molecule has 2 aliphatic rings. The predicted molar refractivity (Wildman–Crippen MR) is 125 cm³/mol. The third-order valence-corrected chi connectivity index (χ3v) is 6.01. The summed E-state index contributed by atoms with van der Waals surface area (Å²) in [6.45, 7) is 8.13. The van der Waals surface area contributed by atoms with Crippen LogP contribution in [-0.4, -0.2) is 72.9 Å². The number of aromatic nitrogens is 1. The molecule has 2 aliphatic heterocycles. The molecule has 1 N–H and O–H groups in total. The fourth-order valence-electron chi connectivity index (χ4n) is 3.74. The number of anilines is 2. The zero-order valence-corrected chi connectivity index (χ0v) is 18.7. The highest BCUT2D eigenvalue weighted by atomic mass is 35.5. The lowest BCUT2D eigenvalue weighted by molar-refractivity contribution is -0.132. The summed E-state index contributed by atoms with van der Waals surface area (Å²) in [5.41, 5.74) is 2.87. The number of piperazine rings is 1. The van der Waals surface area contributed by atoms with Crippen LogP contribution >= 0.6 is 11.6 Å². The number of pyridine rings is 1. The number of carbonyl (C=O) groups is 2. The average Bonchev–Trinajstić information content (AvgIpc) is 3.31. The molecule has 2 saturated heterocycles. The van der Waals surface area contributed by atoms with Crippen LogP contribution in [0.15, 0.2) is 42.7 Å². The van der Waals surface area contributed by atoms with Gasteiger partial charge in [0.2, 0.25) is 12.3 Å². The Morgan fingerprint density at radius 1 is 1.13 bits per heavy atom. The van der Waals surface area contributed by atoms with Gasteiger partial charge in [-0.2, -0.15) is 0 Å². The van der Waals surface area contributed by atoms with Crippen LogP contribution in [0.3, 0.4) is 0 Å². The van der Waals surface area contributed by atoms with E-state index in [2.05, 4.69) is 26.2 Å². The molecule has 0 aliphatic carbocycles. The Morgan fingerprint density at radius 3 is 2.48 bits per heavy atom. The molecule has 0 radical (unpaired) electrons. The number of benzene rings is 1. The van der Waals surface area contributed by atoms with Gasteiger partial charge in [-0.15, -0.1) is 0 Å². The first-order valence-corrected chi connectivity index (χ1v) is 11.1. The summed E-state index contributed by atoms with van der Waals surface area (Å²) in [5, 5.41) is 3.17. The number of hydrogen-bond acceptors (Lipinski definition) is 5. The average molecular weight is 444 g/mol. The van der Waals surface area contributed by atoms with Crippen LogP contribution in [0.5, 0.6) is 0 Å². The first-order valence-electron chi connectivity index (χ1n) is 10.7. The van der Waals surface area contributed by atoms with E-state index in [9.17, 15) is 9.59 Å². The molecule has 4 rings (SSSR count). The van der Waals surface area contributed by atoms with Gasteiger partial charge in [0.25, 0.3) is 0 Å². The summed E-state index contributed by atoms with van der Waals surface area (Å²) in [5.74, 6) is 0.290. The van der Waals surface area contributed by atoms with Gasteiger partial charge in [-0.1, -0.05) is 17.7 Å². The third-order valence-electron chi connectivity index (χ3n) is 5.60. The summed E-state index contributed by atoms with van der Waals surface area (Å²) >= 11 is 5.79. The molecule has 1 aromatic carbocycles. The fraction of sp³-hybridized carbons (Fsp3) is 0.435. The van der Waals surface area contributed by atoms with E-state index in [0.29, 0.717) is 18.0 Å². The van der Waals surface area contributed by atoms with Gasteiger partial charge in [0.15, 0.2) is 0 Å². The maximum absolute atomic E-state index is 12.3. The largest absolute Gasteiger partial charge is 0.367 e.